The lowest BCUT2D eigenvalue weighted by Gasteiger charge is -2.23. The van der Waals surface area contributed by atoms with Crippen molar-refractivity contribution in [1.82, 2.24) is 4.98 Å². The number of hydrogen-bond acceptors (Lipinski definition) is 6. The Labute approximate surface area is 114 Å². The lowest BCUT2D eigenvalue weighted by Crippen LogP contribution is -2.29. The van der Waals surface area contributed by atoms with Gasteiger partial charge >= 0.3 is 5.97 Å². The van der Waals surface area contributed by atoms with Crippen LogP contribution in [0.1, 0.15) is 23.2 Å². The van der Waals surface area contributed by atoms with E-state index < -0.39 is 16.8 Å². The van der Waals surface area contributed by atoms with E-state index in [4.69, 9.17) is 5.73 Å². The number of aromatic nitrogens is 1. The highest BCUT2D eigenvalue weighted by Gasteiger charge is 2.19. The fourth-order valence-corrected chi connectivity index (χ4v) is 3.28. The maximum absolute atomic E-state index is 11.5. The first kappa shape index (κ1) is 13.8. The summed E-state index contributed by atoms with van der Waals surface area (Å²) >= 11 is 0. The number of nitrogens with two attached hydrogens (primary N) is 1. The van der Waals surface area contributed by atoms with Gasteiger partial charge in [0, 0.05) is 28.3 Å². The van der Waals surface area contributed by atoms with Gasteiger partial charge < -0.3 is 15.8 Å². The maximum Gasteiger partial charge on any atom is 0.340 e. The van der Waals surface area contributed by atoms with Crippen molar-refractivity contribution in [1.29, 1.82) is 0 Å². The van der Waals surface area contributed by atoms with Crippen LogP contribution in [-0.4, -0.2) is 39.8 Å². The van der Waals surface area contributed by atoms with Crippen molar-refractivity contribution in [3.8, 4) is 0 Å². The number of nitrogens with zero attached hydrogens (tertiary/aromatic N) is 1. The zero-order chi connectivity index (χ0) is 13.8. The first-order chi connectivity index (χ1) is 9.10. The van der Waals surface area contributed by atoms with Crippen LogP contribution in [0.15, 0.2) is 12.3 Å². The molecule has 1 aliphatic heterocycles. The van der Waals surface area contributed by atoms with Crippen molar-refractivity contribution < 1.29 is 13.7 Å². The summed E-state index contributed by atoms with van der Waals surface area (Å²) in [5, 5.41) is 3.24. The zero-order valence-electron chi connectivity index (χ0n) is 10.7. The van der Waals surface area contributed by atoms with Crippen molar-refractivity contribution in [2.45, 2.75) is 18.9 Å². The predicted octanol–water partition coefficient (Wildman–Crippen LogP) is 0.773. The molecule has 0 aliphatic carbocycles. The van der Waals surface area contributed by atoms with Gasteiger partial charge in [-0.3, -0.25) is 4.21 Å². The molecule has 0 unspecified atom stereocenters. The lowest BCUT2D eigenvalue weighted by atomic mass is 10.1. The second kappa shape index (κ2) is 6.01. The van der Waals surface area contributed by atoms with Crippen molar-refractivity contribution in [2.75, 3.05) is 29.7 Å². The first-order valence-electron chi connectivity index (χ1n) is 6.05. The zero-order valence-corrected chi connectivity index (χ0v) is 11.5. The van der Waals surface area contributed by atoms with Crippen LogP contribution < -0.4 is 11.1 Å². The number of carbonyl (C=O) groups excluding carboxylic acids is 1. The van der Waals surface area contributed by atoms with Crippen LogP contribution in [0, 0.1) is 0 Å². The molecule has 0 amide bonds. The molecular weight excluding hydrogens is 266 g/mol. The molecular formula is C12H17N3O3S. The average Bonchev–Trinajstić information content (AvgIpc) is 2.42. The average molecular weight is 283 g/mol. The Morgan fingerprint density at radius 1 is 1.53 bits per heavy atom. The molecule has 7 heteroatoms. The lowest BCUT2D eigenvalue weighted by molar-refractivity contribution is 0.0602. The van der Waals surface area contributed by atoms with Gasteiger partial charge in [0.1, 0.15) is 5.82 Å². The molecule has 3 N–H and O–H groups in total. The predicted molar refractivity (Wildman–Crippen MR) is 74.5 cm³/mol. The third-order valence-electron chi connectivity index (χ3n) is 3.08. The second-order valence-electron chi connectivity index (χ2n) is 4.42. The van der Waals surface area contributed by atoms with E-state index in [2.05, 4.69) is 15.0 Å². The Morgan fingerprint density at radius 2 is 2.21 bits per heavy atom. The van der Waals surface area contributed by atoms with Crippen molar-refractivity contribution in [3.05, 3.63) is 17.8 Å². The Balaban J connectivity index is 2.08. The van der Waals surface area contributed by atoms with E-state index in [1.807, 2.05) is 0 Å². The van der Waals surface area contributed by atoms with E-state index in [9.17, 15) is 9.00 Å². The van der Waals surface area contributed by atoms with Gasteiger partial charge in [0.15, 0.2) is 0 Å². The number of nitrogens with one attached hydrogen (secondary N) is 1. The normalized spacial score (nSPS) is 22.8. The van der Waals surface area contributed by atoms with Crippen LogP contribution in [0.4, 0.5) is 11.5 Å². The minimum absolute atomic E-state index is 0.235. The molecule has 0 radical (unpaired) electrons. The summed E-state index contributed by atoms with van der Waals surface area (Å²) in [5.74, 6) is 1.52. The summed E-state index contributed by atoms with van der Waals surface area (Å²) in [4.78, 5) is 15.7. The Morgan fingerprint density at radius 3 is 2.84 bits per heavy atom. The van der Waals surface area contributed by atoms with Gasteiger partial charge in [0.2, 0.25) is 0 Å². The SMILES string of the molecule is COC(=O)c1cc(NC2CCS(=O)CC2)ncc1N. The van der Waals surface area contributed by atoms with E-state index in [0.29, 0.717) is 28.6 Å². The van der Waals surface area contributed by atoms with Crippen LogP contribution in [-0.2, 0) is 15.5 Å². The fraction of sp³-hybridized carbons (Fsp3) is 0.500. The van der Waals surface area contributed by atoms with Gasteiger partial charge in [0.25, 0.3) is 0 Å². The third kappa shape index (κ3) is 3.44. The van der Waals surface area contributed by atoms with Gasteiger partial charge in [-0.05, 0) is 18.9 Å². The molecule has 19 heavy (non-hydrogen) atoms. The molecule has 0 bridgehead atoms. The molecule has 1 aliphatic rings. The molecule has 1 fully saturated rings. The first-order valence-corrected chi connectivity index (χ1v) is 7.54. The number of rotatable bonds is 3. The smallest absolute Gasteiger partial charge is 0.340 e. The number of anilines is 2. The summed E-state index contributed by atoms with van der Waals surface area (Å²) < 4.78 is 15.9. The molecule has 0 aromatic carbocycles. The van der Waals surface area contributed by atoms with Crippen LogP contribution in [0.5, 0.6) is 0 Å². The Hall–Kier alpha value is -1.63. The highest BCUT2D eigenvalue weighted by molar-refractivity contribution is 7.85. The van der Waals surface area contributed by atoms with Gasteiger partial charge in [-0.1, -0.05) is 0 Å². The second-order valence-corrected chi connectivity index (χ2v) is 6.11. The van der Waals surface area contributed by atoms with Crippen LogP contribution in [0.2, 0.25) is 0 Å². The van der Waals surface area contributed by atoms with Crippen LogP contribution in [0.3, 0.4) is 0 Å². The number of methoxy groups -OCH3 is 1. The molecule has 1 aromatic rings. The summed E-state index contributed by atoms with van der Waals surface area (Å²) in [6.07, 6.45) is 3.12. The van der Waals surface area contributed by atoms with Gasteiger partial charge in [-0.25, -0.2) is 9.78 Å². The molecule has 2 rings (SSSR count). The molecule has 0 atom stereocenters. The van der Waals surface area contributed by atoms with Crippen LogP contribution >= 0.6 is 0 Å². The van der Waals surface area contributed by atoms with E-state index in [1.54, 1.807) is 6.07 Å². The van der Waals surface area contributed by atoms with E-state index >= 15 is 0 Å². The summed E-state index contributed by atoms with van der Waals surface area (Å²) in [6, 6.07) is 1.83. The van der Waals surface area contributed by atoms with Crippen molar-refractivity contribution in [2.24, 2.45) is 0 Å². The molecule has 0 saturated carbocycles. The Kier molecular flexibility index (Phi) is 4.36. The number of nitrogen functional groups attached to an aromatic ring is 1. The van der Waals surface area contributed by atoms with E-state index in [-0.39, 0.29) is 6.04 Å². The monoisotopic (exact) mass is 283 g/mol. The quantitative estimate of drug-likeness (QED) is 0.796. The Bertz CT molecular complexity index is 497. The van der Waals surface area contributed by atoms with Gasteiger partial charge in [0.05, 0.1) is 24.6 Å². The highest BCUT2D eigenvalue weighted by atomic mass is 32.2. The van der Waals surface area contributed by atoms with Gasteiger partial charge in [-0.2, -0.15) is 0 Å². The summed E-state index contributed by atoms with van der Waals surface area (Å²) in [6.45, 7) is 0. The number of carbonyl (C=O) groups is 1. The van der Waals surface area contributed by atoms with Crippen molar-refractivity contribution in [3.63, 3.8) is 0 Å². The molecule has 6 nitrogen and oxygen atoms in total. The van der Waals surface area contributed by atoms with E-state index in [1.165, 1.54) is 13.3 Å². The molecule has 0 spiro atoms. The van der Waals surface area contributed by atoms with E-state index in [0.717, 1.165) is 12.8 Å². The van der Waals surface area contributed by atoms with Crippen molar-refractivity contribution >= 4 is 28.3 Å². The molecule has 2 heterocycles. The minimum Gasteiger partial charge on any atom is -0.465 e. The fourth-order valence-electron chi connectivity index (χ4n) is 1.98. The summed E-state index contributed by atoms with van der Waals surface area (Å²) in [5.41, 5.74) is 6.28. The molecule has 104 valence electrons. The largest absolute Gasteiger partial charge is 0.465 e. The molecule has 1 aromatic heterocycles. The van der Waals surface area contributed by atoms with Gasteiger partial charge in [-0.15, -0.1) is 0 Å². The number of ether oxygens (including phenoxy) is 1. The summed E-state index contributed by atoms with van der Waals surface area (Å²) in [7, 11) is 0.621. The number of pyridine rings is 1. The van der Waals surface area contributed by atoms with Crippen LogP contribution in [0.25, 0.3) is 0 Å². The number of hydrogen-bond donors (Lipinski definition) is 2. The minimum atomic E-state index is -0.690. The highest BCUT2D eigenvalue weighted by Crippen LogP contribution is 2.19. The maximum atomic E-state index is 11.5. The third-order valence-corrected chi connectivity index (χ3v) is 4.46. The standard InChI is InChI=1S/C12H17N3O3S/c1-18-12(16)9-6-11(14-7-10(9)13)15-8-2-4-19(17)5-3-8/h6-8H,2-5,13H2,1H3,(H,14,15). The molecule has 1 saturated heterocycles. The number of esters is 1. The topological polar surface area (TPSA) is 94.3 Å².